The van der Waals surface area contributed by atoms with Crippen molar-refractivity contribution in [1.82, 2.24) is 65.0 Å². The molecule has 0 unspecified atom stereocenters. The predicted molar refractivity (Wildman–Crippen MR) is 367 cm³/mol. The molecule has 0 saturated heterocycles. The van der Waals surface area contributed by atoms with Crippen molar-refractivity contribution in [3.05, 3.63) is 154 Å². The van der Waals surface area contributed by atoms with E-state index in [9.17, 15) is 36.7 Å². The standard InChI is InChI=1S/C38H42ClF3N8O5.C33H34ClF3N8O3/c1-36(2,3)19-38(26-11-9-22(15-28(26)40)24-16-45-49(17-24)33(41)42)32(52)50(34(47-38)46-35(53)55-37(4,5)6)29(18-54-30(51)13-21-7-8-21)23-10-12-27(39)25(14-23)31-43-20-44-48-31;1-32(2,3)16-33(23-8-6-19(12-25(23)35)21-13-41-44(14-21)30(36)37)29(47)45(31(38)42-33)26(15-48-27(46)10-18-4-5-18)20-7-9-24(34)22(11-20)28-39-17-40-43-28/h9-12,14-17,20-21,29,33H,7-8,13,18-19H2,1-6H3,(H,43,44,48)(H,46,47,53);6-9,11-14,17-18,26,30H,4-5,10,15-16H2,1-3H3,(H2,38,42)(H,39,40,43)/t29-,38-;26-,33-/m11/s1. The van der Waals surface area contributed by atoms with Gasteiger partial charge in [0.25, 0.3) is 11.8 Å². The average molecular weight is 1470 g/mol. The maximum Gasteiger partial charge on any atom is 0.414 e. The van der Waals surface area contributed by atoms with Gasteiger partial charge in [0.2, 0.25) is 5.96 Å². The molecule has 3 amide bonds. The number of guanidine groups is 2. The van der Waals surface area contributed by atoms with E-state index in [2.05, 4.69) is 50.9 Å². The number of ether oxygens (including phenoxy) is 3. The summed E-state index contributed by atoms with van der Waals surface area (Å²) in [6.07, 6.45) is 10.5. The molecule has 24 nitrogen and oxygen atoms in total. The molecule has 0 radical (unpaired) electrons. The molecule has 4 aromatic heterocycles. The van der Waals surface area contributed by atoms with Gasteiger partial charge in [-0.3, -0.25) is 44.5 Å². The number of alkyl carbamates (subject to hydrolysis) is 1. The lowest BCUT2D eigenvalue weighted by molar-refractivity contribution is -0.148. The highest BCUT2D eigenvalue weighted by atomic mass is 35.5. The lowest BCUT2D eigenvalue weighted by atomic mass is 9.75. The fourth-order valence-corrected chi connectivity index (χ4v) is 13.0. The summed E-state index contributed by atoms with van der Waals surface area (Å²) in [6.45, 7) is 9.85. The highest BCUT2D eigenvalue weighted by Crippen LogP contribution is 2.50. The lowest BCUT2D eigenvalue weighted by Gasteiger charge is -2.35. The monoisotopic (exact) mass is 1460 g/mol. The van der Waals surface area contributed by atoms with Gasteiger partial charge in [0.1, 0.15) is 43.1 Å². The van der Waals surface area contributed by atoms with Crippen LogP contribution >= 0.6 is 23.2 Å². The number of esters is 2. The molecule has 4 atom stereocenters. The zero-order valence-electron chi connectivity index (χ0n) is 57.7. The summed E-state index contributed by atoms with van der Waals surface area (Å²) in [5.41, 5.74) is 3.30. The number of aromatic amines is 2. The van der Waals surface area contributed by atoms with E-state index >= 15 is 13.6 Å². The van der Waals surface area contributed by atoms with E-state index in [4.69, 9.17) is 48.1 Å². The minimum Gasteiger partial charge on any atom is -0.463 e. The Bertz CT molecular complexity index is 4540. The molecule has 2 aliphatic heterocycles. The van der Waals surface area contributed by atoms with Gasteiger partial charge in [0, 0.05) is 58.6 Å². The van der Waals surface area contributed by atoms with Crippen LogP contribution in [0.3, 0.4) is 0 Å². The van der Waals surface area contributed by atoms with Gasteiger partial charge in [-0.15, -0.1) is 0 Å². The molecule has 4 aliphatic rings. The van der Waals surface area contributed by atoms with Gasteiger partial charge in [-0.1, -0.05) is 101 Å². The molecule has 2 fully saturated rings. The fraction of sp³-hybridized carbons (Fsp3) is 0.423. The number of carbonyl (C=O) groups is 5. The molecule has 0 bridgehead atoms. The van der Waals surface area contributed by atoms with Crippen LogP contribution in [0.15, 0.2) is 120 Å². The number of aliphatic imine (C=N–C) groups is 2. The van der Waals surface area contributed by atoms with E-state index in [1.54, 1.807) is 57.2 Å². The molecular weight excluding hydrogens is 1390 g/mol. The molecule has 0 spiro atoms. The van der Waals surface area contributed by atoms with Crippen molar-refractivity contribution in [2.24, 2.45) is 38.4 Å². The van der Waals surface area contributed by atoms with Gasteiger partial charge < -0.3 is 19.9 Å². The molecule has 2 saturated carbocycles. The first-order valence-electron chi connectivity index (χ1n) is 33.1. The van der Waals surface area contributed by atoms with E-state index in [0.717, 1.165) is 50.2 Å². The zero-order valence-corrected chi connectivity index (χ0v) is 59.2. The summed E-state index contributed by atoms with van der Waals surface area (Å²) in [7, 11) is 0. The van der Waals surface area contributed by atoms with Crippen LogP contribution in [-0.4, -0.2) is 120 Å². The second-order valence-corrected chi connectivity index (χ2v) is 30.1. The number of halogens is 8. The summed E-state index contributed by atoms with van der Waals surface area (Å²) in [6, 6.07) is 15.9. The quantitative estimate of drug-likeness (QED) is 0.0278. The van der Waals surface area contributed by atoms with E-state index in [-0.39, 0.29) is 96.0 Å². The third-order valence-electron chi connectivity index (χ3n) is 17.3. The summed E-state index contributed by atoms with van der Waals surface area (Å²) in [4.78, 5) is 89.7. The first-order valence-corrected chi connectivity index (χ1v) is 33.8. The van der Waals surface area contributed by atoms with E-state index in [0.29, 0.717) is 53.3 Å². The van der Waals surface area contributed by atoms with Crippen molar-refractivity contribution in [1.29, 1.82) is 0 Å². The number of benzene rings is 4. The second kappa shape index (κ2) is 29.4. The molecule has 2 aliphatic carbocycles. The Morgan fingerprint density at radius 3 is 1.42 bits per heavy atom. The Labute approximate surface area is 598 Å². The van der Waals surface area contributed by atoms with Crippen LogP contribution in [0, 0.1) is 34.3 Å². The van der Waals surface area contributed by atoms with Crippen molar-refractivity contribution in [3.63, 3.8) is 0 Å². The molecule has 103 heavy (non-hydrogen) atoms. The van der Waals surface area contributed by atoms with Gasteiger partial charge in [0.15, 0.2) is 28.7 Å². The fourth-order valence-electron chi connectivity index (χ4n) is 12.6. The number of carbonyl (C=O) groups excluding carboxylic acids is 5. The Hall–Kier alpha value is -9.97. The number of H-pyrrole nitrogens is 2. The van der Waals surface area contributed by atoms with Gasteiger partial charge in [-0.2, -0.15) is 38.0 Å². The third kappa shape index (κ3) is 17.1. The van der Waals surface area contributed by atoms with E-state index in [1.165, 1.54) is 59.1 Å². The lowest BCUT2D eigenvalue weighted by Crippen LogP contribution is -2.50. The number of rotatable bonds is 22. The number of hydrogen-bond acceptors (Lipinski definition) is 17. The van der Waals surface area contributed by atoms with Crippen LogP contribution in [0.1, 0.15) is 161 Å². The number of nitrogens with two attached hydrogens (primary N) is 1. The molecule has 544 valence electrons. The molecule has 5 N–H and O–H groups in total. The SMILES string of the molecule is CC(C)(C)C[C@]1(c2ccc(-c3cnn(C(F)F)c3)cc2F)N=C(N)N([C@H](COC(=O)CC2CC2)c2ccc(Cl)c(-c3ncn[nH]3)c2)C1=O.CC(C)(C)C[C@]1(c2ccc(-c3cnn(C(F)F)c3)cc2F)N=C(NC(=O)OC(C)(C)C)N([C@H](COC(=O)CC2CC2)c2ccc(Cl)c(-c3ncn[nH]3)c2)C1=O. The van der Waals surface area contributed by atoms with Crippen molar-refractivity contribution in [2.45, 2.75) is 156 Å². The number of hydrogen-bond donors (Lipinski definition) is 4. The second-order valence-electron chi connectivity index (χ2n) is 29.3. The Morgan fingerprint density at radius 1 is 0.612 bits per heavy atom. The van der Waals surface area contributed by atoms with Gasteiger partial charge in [-0.05, 0) is 141 Å². The first kappa shape index (κ1) is 74.2. The minimum atomic E-state index is -2.89. The van der Waals surface area contributed by atoms with Crippen LogP contribution < -0.4 is 11.1 Å². The molecular formula is C71H76Cl2F6N16O8. The van der Waals surface area contributed by atoms with Crippen molar-refractivity contribution < 1.29 is 64.5 Å². The first-order chi connectivity index (χ1) is 48.6. The maximum absolute atomic E-state index is 16.6. The molecule has 6 heterocycles. The third-order valence-corrected chi connectivity index (χ3v) is 18.0. The maximum atomic E-state index is 16.6. The number of alkyl halides is 4. The topological polar surface area (TPSA) is 301 Å². The predicted octanol–water partition coefficient (Wildman–Crippen LogP) is 14.4. The molecule has 32 heteroatoms. The summed E-state index contributed by atoms with van der Waals surface area (Å²) in [5, 5.41) is 23.9. The van der Waals surface area contributed by atoms with Crippen LogP contribution in [0.25, 0.3) is 45.0 Å². The van der Waals surface area contributed by atoms with Gasteiger partial charge >= 0.3 is 31.1 Å². The van der Waals surface area contributed by atoms with Gasteiger partial charge in [-0.25, -0.2) is 42.9 Å². The van der Waals surface area contributed by atoms with Crippen LogP contribution in [-0.2, 0) is 44.5 Å². The Balaban J connectivity index is 0.000000208. The number of nitrogens with zero attached hydrogens (tertiary/aromatic N) is 12. The summed E-state index contributed by atoms with van der Waals surface area (Å²) in [5.74, 6) is -3.13. The highest BCUT2D eigenvalue weighted by molar-refractivity contribution is 6.33. The van der Waals surface area contributed by atoms with Crippen LogP contribution in [0.5, 0.6) is 0 Å². The number of aromatic nitrogens is 10. The average Bonchev–Trinajstić information content (AvgIpc) is 1.60. The van der Waals surface area contributed by atoms with E-state index in [1.807, 2.05) is 41.5 Å². The summed E-state index contributed by atoms with van der Waals surface area (Å²) < 4.78 is 104. The number of nitrogens with one attached hydrogen (secondary N) is 3. The van der Waals surface area contributed by atoms with Crippen molar-refractivity contribution in [2.75, 3.05) is 13.2 Å². The van der Waals surface area contributed by atoms with Crippen molar-refractivity contribution >= 4 is 65.0 Å². The normalized spacial score (nSPS) is 18.4. The number of amides is 3. The van der Waals surface area contributed by atoms with Crippen LogP contribution in [0.2, 0.25) is 10.0 Å². The molecule has 8 aromatic rings. The minimum absolute atomic E-state index is 0.0409. The molecule has 4 aromatic carbocycles. The van der Waals surface area contributed by atoms with Gasteiger partial charge in [0.05, 0.1) is 34.5 Å². The Morgan fingerprint density at radius 2 is 1.04 bits per heavy atom. The van der Waals surface area contributed by atoms with Crippen molar-refractivity contribution in [3.8, 4) is 45.0 Å². The molecule has 12 rings (SSSR count). The zero-order chi connectivity index (χ0) is 74.3. The van der Waals surface area contributed by atoms with E-state index < -0.39 is 94.2 Å². The largest absolute Gasteiger partial charge is 0.463 e. The highest BCUT2D eigenvalue weighted by Gasteiger charge is 2.57. The Kier molecular flexibility index (Phi) is 21.2. The smallest absolute Gasteiger partial charge is 0.414 e. The summed E-state index contributed by atoms with van der Waals surface area (Å²) >= 11 is 13.1. The van der Waals surface area contributed by atoms with Crippen LogP contribution in [0.4, 0.5) is 31.1 Å².